The Morgan fingerprint density at radius 3 is 2.91 bits per heavy atom. The standard InChI is InChI=1S/C16H16N2O3S/c1-16-7-6-14(19)18(16)13(10-22-16)15(20)21-9-12-4-2-11(8-17)3-5-12/h2-5,13H,6-7,9-10H2,1H3/t13-,16-/m1/s1. The molecule has 1 aromatic carbocycles. The number of thioether (sulfide) groups is 1. The topological polar surface area (TPSA) is 70.4 Å². The lowest BCUT2D eigenvalue weighted by molar-refractivity contribution is -0.154. The molecule has 0 spiro atoms. The molecule has 2 heterocycles. The lowest BCUT2D eigenvalue weighted by atomic mass is 10.1. The van der Waals surface area contributed by atoms with Gasteiger partial charge in [-0.1, -0.05) is 12.1 Å². The van der Waals surface area contributed by atoms with Gasteiger partial charge in [-0.05, 0) is 31.0 Å². The number of nitriles is 1. The van der Waals surface area contributed by atoms with E-state index in [1.165, 1.54) is 0 Å². The second-order valence-electron chi connectivity index (χ2n) is 5.68. The monoisotopic (exact) mass is 316 g/mol. The third-order valence-electron chi connectivity index (χ3n) is 4.18. The van der Waals surface area contributed by atoms with E-state index in [4.69, 9.17) is 10.00 Å². The van der Waals surface area contributed by atoms with Crippen molar-refractivity contribution in [2.24, 2.45) is 0 Å². The average molecular weight is 316 g/mol. The van der Waals surface area contributed by atoms with Crippen LogP contribution in [-0.2, 0) is 20.9 Å². The quantitative estimate of drug-likeness (QED) is 0.798. The first-order valence-corrected chi connectivity index (χ1v) is 8.14. The van der Waals surface area contributed by atoms with Gasteiger partial charge in [-0.2, -0.15) is 5.26 Å². The predicted octanol–water partition coefficient (Wildman–Crippen LogP) is 2.06. The summed E-state index contributed by atoms with van der Waals surface area (Å²) in [4.78, 5) is 25.7. The molecule has 1 amide bonds. The number of carbonyl (C=O) groups excluding carboxylic acids is 2. The van der Waals surface area contributed by atoms with Crippen LogP contribution in [0.1, 0.15) is 30.9 Å². The molecular weight excluding hydrogens is 300 g/mol. The van der Waals surface area contributed by atoms with Gasteiger partial charge in [-0.3, -0.25) is 4.79 Å². The molecule has 114 valence electrons. The molecule has 2 atom stereocenters. The van der Waals surface area contributed by atoms with Gasteiger partial charge in [0.1, 0.15) is 12.6 Å². The predicted molar refractivity (Wildman–Crippen MR) is 81.7 cm³/mol. The third-order valence-corrected chi connectivity index (χ3v) is 5.69. The van der Waals surface area contributed by atoms with Crippen molar-refractivity contribution in [3.63, 3.8) is 0 Å². The van der Waals surface area contributed by atoms with Crippen LogP contribution in [-0.4, -0.2) is 33.4 Å². The highest BCUT2D eigenvalue weighted by molar-refractivity contribution is 8.01. The van der Waals surface area contributed by atoms with E-state index in [2.05, 4.69) is 0 Å². The number of ether oxygens (including phenoxy) is 1. The summed E-state index contributed by atoms with van der Waals surface area (Å²) < 4.78 is 5.36. The maximum atomic E-state index is 12.3. The molecule has 0 radical (unpaired) electrons. The summed E-state index contributed by atoms with van der Waals surface area (Å²) in [5, 5.41) is 8.75. The fourth-order valence-electron chi connectivity index (χ4n) is 2.92. The molecule has 0 aliphatic carbocycles. The summed E-state index contributed by atoms with van der Waals surface area (Å²) >= 11 is 1.65. The van der Waals surface area contributed by atoms with Crippen LogP contribution in [0.25, 0.3) is 0 Å². The van der Waals surface area contributed by atoms with Gasteiger partial charge < -0.3 is 9.64 Å². The SMILES string of the molecule is C[C@@]12CCC(=O)N1[C@@H](C(=O)OCc1ccc(C#N)cc1)CS2. The molecular formula is C16H16N2O3S. The van der Waals surface area contributed by atoms with Crippen molar-refractivity contribution in [2.45, 2.75) is 37.3 Å². The van der Waals surface area contributed by atoms with Gasteiger partial charge in [0.15, 0.2) is 0 Å². The Morgan fingerprint density at radius 2 is 2.23 bits per heavy atom. The van der Waals surface area contributed by atoms with Crippen LogP contribution in [0.3, 0.4) is 0 Å². The van der Waals surface area contributed by atoms with Crippen LogP contribution in [0, 0.1) is 11.3 Å². The second kappa shape index (κ2) is 5.65. The number of hydrogen-bond donors (Lipinski definition) is 0. The largest absolute Gasteiger partial charge is 0.459 e. The van der Waals surface area contributed by atoms with Crippen molar-refractivity contribution >= 4 is 23.6 Å². The summed E-state index contributed by atoms with van der Waals surface area (Å²) in [5.74, 6) is 0.276. The van der Waals surface area contributed by atoms with Crippen molar-refractivity contribution in [3.8, 4) is 6.07 Å². The maximum Gasteiger partial charge on any atom is 0.330 e. The fraction of sp³-hybridized carbons (Fsp3) is 0.438. The molecule has 2 aliphatic rings. The number of amides is 1. The zero-order valence-corrected chi connectivity index (χ0v) is 13.1. The van der Waals surface area contributed by atoms with E-state index in [1.54, 1.807) is 40.9 Å². The van der Waals surface area contributed by atoms with Crippen LogP contribution in [0.5, 0.6) is 0 Å². The van der Waals surface area contributed by atoms with Gasteiger partial charge in [0.2, 0.25) is 5.91 Å². The Hall–Kier alpha value is -2.00. The average Bonchev–Trinajstić information content (AvgIpc) is 3.02. The minimum atomic E-state index is -0.483. The molecule has 0 N–H and O–H groups in total. The second-order valence-corrected chi connectivity index (χ2v) is 7.18. The zero-order chi connectivity index (χ0) is 15.7. The molecule has 0 saturated carbocycles. The Kier molecular flexibility index (Phi) is 3.83. The molecule has 0 aromatic heterocycles. The third kappa shape index (κ3) is 2.57. The molecule has 0 bridgehead atoms. The van der Waals surface area contributed by atoms with Crippen molar-refractivity contribution in [1.29, 1.82) is 5.26 Å². The van der Waals surface area contributed by atoms with Crippen LogP contribution in [0.15, 0.2) is 24.3 Å². The highest BCUT2D eigenvalue weighted by Crippen LogP contribution is 2.47. The first-order chi connectivity index (χ1) is 10.5. The molecule has 2 aliphatic heterocycles. The lowest BCUT2D eigenvalue weighted by Gasteiger charge is -2.29. The van der Waals surface area contributed by atoms with Crippen LogP contribution < -0.4 is 0 Å². The Balaban J connectivity index is 1.63. The van der Waals surface area contributed by atoms with Crippen molar-refractivity contribution in [1.82, 2.24) is 4.90 Å². The minimum Gasteiger partial charge on any atom is -0.459 e. The maximum absolute atomic E-state index is 12.3. The van der Waals surface area contributed by atoms with Gasteiger partial charge in [-0.15, -0.1) is 11.8 Å². The molecule has 2 saturated heterocycles. The molecule has 1 aromatic rings. The van der Waals surface area contributed by atoms with E-state index in [0.717, 1.165) is 12.0 Å². The summed E-state index contributed by atoms with van der Waals surface area (Å²) in [7, 11) is 0. The van der Waals surface area contributed by atoms with Gasteiger partial charge in [0, 0.05) is 12.2 Å². The van der Waals surface area contributed by atoms with Gasteiger partial charge in [0.25, 0.3) is 0 Å². The van der Waals surface area contributed by atoms with Crippen LogP contribution >= 0.6 is 11.8 Å². The van der Waals surface area contributed by atoms with E-state index in [0.29, 0.717) is 17.7 Å². The molecule has 3 rings (SSSR count). The fourth-order valence-corrected chi connectivity index (χ4v) is 4.34. The Labute approximate surface area is 133 Å². The normalized spacial score (nSPS) is 26.6. The van der Waals surface area contributed by atoms with Crippen molar-refractivity contribution in [3.05, 3.63) is 35.4 Å². The zero-order valence-electron chi connectivity index (χ0n) is 12.2. The summed E-state index contributed by atoms with van der Waals surface area (Å²) in [6, 6.07) is 8.47. The summed E-state index contributed by atoms with van der Waals surface area (Å²) in [6.07, 6.45) is 1.29. The lowest BCUT2D eigenvalue weighted by Crippen LogP contribution is -2.46. The molecule has 6 heteroatoms. The van der Waals surface area contributed by atoms with E-state index in [9.17, 15) is 9.59 Å². The number of rotatable bonds is 3. The van der Waals surface area contributed by atoms with E-state index >= 15 is 0 Å². The number of nitrogens with zero attached hydrogens (tertiary/aromatic N) is 2. The molecule has 22 heavy (non-hydrogen) atoms. The minimum absolute atomic E-state index is 0.0350. The van der Waals surface area contributed by atoms with Crippen molar-refractivity contribution < 1.29 is 14.3 Å². The van der Waals surface area contributed by atoms with Gasteiger partial charge >= 0.3 is 5.97 Å². The van der Waals surface area contributed by atoms with Crippen LogP contribution in [0.4, 0.5) is 0 Å². The Morgan fingerprint density at radius 1 is 1.50 bits per heavy atom. The number of carbonyl (C=O) groups is 2. The van der Waals surface area contributed by atoms with E-state index in [-0.39, 0.29) is 23.4 Å². The molecule has 2 fully saturated rings. The summed E-state index contributed by atoms with van der Waals surface area (Å²) in [6.45, 7) is 2.17. The smallest absolute Gasteiger partial charge is 0.330 e. The molecule has 0 unspecified atom stereocenters. The number of benzene rings is 1. The van der Waals surface area contributed by atoms with Crippen molar-refractivity contribution in [2.75, 3.05) is 5.75 Å². The van der Waals surface area contributed by atoms with Gasteiger partial charge in [0.05, 0.1) is 16.5 Å². The first-order valence-electron chi connectivity index (χ1n) is 7.15. The Bertz CT molecular complexity index is 652. The van der Waals surface area contributed by atoms with Gasteiger partial charge in [-0.25, -0.2) is 4.79 Å². The molecule has 5 nitrogen and oxygen atoms in total. The number of hydrogen-bond acceptors (Lipinski definition) is 5. The van der Waals surface area contributed by atoms with E-state index in [1.807, 2.05) is 13.0 Å². The first kappa shape index (κ1) is 14.9. The van der Waals surface area contributed by atoms with Crippen LogP contribution in [0.2, 0.25) is 0 Å². The highest BCUT2D eigenvalue weighted by Gasteiger charge is 2.53. The number of esters is 1. The number of fused-ring (bicyclic) bond motifs is 1. The summed E-state index contributed by atoms with van der Waals surface area (Å²) in [5.41, 5.74) is 1.40. The highest BCUT2D eigenvalue weighted by atomic mass is 32.2. The van der Waals surface area contributed by atoms with E-state index < -0.39 is 6.04 Å².